The molecule has 0 aromatic heterocycles. The van der Waals surface area contributed by atoms with Gasteiger partial charge in [0, 0.05) is 11.2 Å². The minimum atomic E-state index is -0.240. The average molecular weight is 248 g/mol. The van der Waals surface area contributed by atoms with Crippen LogP contribution < -0.4 is 10.6 Å². The quantitative estimate of drug-likeness (QED) is 0.860. The predicted octanol–water partition coefficient (Wildman–Crippen LogP) is 2.96. The highest BCUT2D eigenvalue weighted by atomic mass is 16.2. The minimum Gasteiger partial charge on any atom is -0.374 e. The molecule has 3 nitrogen and oxygen atoms in total. The summed E-state index contributed by atoms with van der Waals surface area (Å²) in [5.74, 6) is 0.0180. The smallest absolute Gasteiger partial charge is 0.242 e. The summed E-state index contributed by atoms with van der Waals surface area (Å²) in [5.41, 5.74) is 2.06. The fourth-order valence-electron chi connectivity index (χ4n) is 1.67. The van der Waals surface area contributed by atoms with Crippen molar-refractivity contribution < 1.29 is 4.79 Å². The van der Waals surface area contributed by atoms with Crippen LogP contribution in [-0.4, -0.2) is 17.5 Å². The number of carbonyl (C=O) groups is 1. The van der Waals surface area contributed by atoms with E-state index in [9.17, 15) is 4.79 Å². The van der Waals surface area contributed by atoms with Crippen molar-refractivity contribution in [2.24, 2.45) is 0 Å². The van der Waals surface area contributed by atoms with Crippen molar-refractivity contribution in [1.82, 2.24) is 5.32 Å². The molecule has 0 bridgehead atoms. The first kappa shape index (κ1) is 14.6. The Bertz CT molecular complexity index is 407. The van der Waals surface area contributed by atoms with Crippen molar-refractivity contribution in [3.63, 3.8) is 0 Å². The molecule has 0 saturated heterocycles. The summed E-state index contributed by atoms with van der Waals surface area (Å²) < 4.78 is 0. The number of hydrogen-bond donors (Lipinski definition) is 2. The third kappa shape index (κ3) is 4.78. The molecule has 0 aliphatic carbocycles. The molecule has 0 aliphatic rings. The van der Waals surface area contributed by atoms with Gasteiger partial charge in [-0.05, 0) is 51.8 Å². The molecular weight excluding hydrogens is 224 g/mol. The zero-order valence-corrected chi connectivity index (χ0v) is 12.0. The first-order valence-electron chi connectivity index (χ1n) is 6.49. The molecule has 0 spiro atoms. The molecule has 18 heavy (non-hydrogen) atoms. The summed E-state index contributed by atoms with van der Waals surface area (Å²) in [6.45, 7) is 9.94. The molecule has 1 aromatic carbocycles. The lowest BCUT2D eigenvalue weighted by molar-refractivity contribution is -0.122. The van der Waals surface area contributed by atoms with E-state index >= 15 is 0 Å². The van der Waals surface area contributed by atoms with Crippen LogP contribution in [0.15, 0.2) is 24.3 Å². The number of aryl methyl sites for hydroxylation is 1. The summed E-state index contributed by atoms with van der Waals surface area (Å²) >= 11 is 0. The lowest BCUT2D eigenvalue weighted by Gasteiger charge is -2.24. The molecule has 3 heteroatoms. The molecule has 0 aliphatic heterocycles. The molecule has 1 amide bonds. The lowest BCUT2D eigenvalue weighted by Crippen LogP contribution is -2.47. The highest BCUT2D eigenvalue weighted by Gasteiger charge is 2.18. The van der Waals surface area contributed by atoms with E-state index in [-0.39, 0.29) is 17.5 Å². The van der Waals surface area contributed by atoms with Crippen molar-refractivity contribution in [1.29, 1.82) is 0 Å². The Morgan fingerprint density at radius 2 is 2.00 bits per heavy atom. The van der Waals surface area contributed by atoms with Gasteiger partial charge in [-0.1, -0.05) is 19.1 Å². The molecule has 1 rings (SSSR count). The van der Waals surface area contributed by atoms with Crippen molar-refractivity contribution in [3.8, 4) is 0 Å². The first-order valence-corrected chi connectivity index (χ1v) is 6.49. The maximum Gasteiger partial charge on any atom is 0.242 e. The predicted molar refractivity (Wildman–Crippen MR) is 76.8 cm³/mol. The van der Waals surface area contributed by atoms with Gasteiger partial charge < -0.3 is 10.6 Å². The number of rotatable bonds is 4. The number of carbonyl (C=O) groups excluding carboxylic acids is 1. The van der Waals surface area contributed by atoms with Gasteiger partial charge in [-0.3, -0.25) is 4.79 Å². The number of nitrogens with one attached hydrogen (secondary N) is 2. The van der Waals surface area contributed by atoms with Crippen LogP contribution in [0.4, 0.5) is 5.69 Å². The summed E-state index contributed by atoms with van der Waals surface area (Å²) in [6.07, 6.45) is 0.998. The standard InChI is InChI=1S/C15H24N2O/c1-6-12-8-7-9-13(10-12)16-11(2)14(18)17-15(3,4)5/h7-11,16H,6H2,1-5H3,(H,17,18)/t11-/m1/s1. The SMILES string of the molecule is CCc1cccc(N[C@H](C)C(=O)NC(C)(C)C)c1. The molecular formula is C15H24N2O. The molecule has 0 heterocycles. The largest absolute Gasteiger partial charge is 0.374 e. The van der Waals surface area contributed by atoms with E-state index in [1.54, 1.807) is 0 Å². The Morgan fingerprint density at radius 3 is 2.56 bits per heavy atom. The van der Waals surface area contributed by atoms with Crippen LogP contribution >= 0.6 is 0 Å². The average Bonchev–Trinajstić information content (AvgIpc) is 2.27. The van der Waals surface area contributed by atoms with Crippen LogP contribution in [0, 0.1) is 0 Å². The number of benzene rings is 1. The van der Waals surface area contributed by atoms with Crippen LogP contribution in [0.2, 0.25) is 0 Å². The van der Waals surface area contributed by atoms with E-state index in [1.807, 2.05) is 39.8 Å². The Morgan fingerprint density at radius 1 is 1.33 bits per heavy atom. The van der Waals surface area contributed by atoms with E-state index in [4.69, 9.17) is 0 Å². The van der Waals surface area contributed by atoms with Gasteiger partial charge in [-0.15, -0.1) is 0 Å². The van der Waals surface area contributed by atoms with Crippen molar-refractivity contribution in [2.75, 3.05) is 5.32 Å². The van der Waals surface area contributed by atoms with Crippen LogP contribution in [0.3, 0.4) is 0 Å². The van der Waals surface area contributed by atoms with Gasteiger partial charge in [-0.25, -0.2) is 0 Å². The summed E-state index contributed by atoms with van der Waals surface area (Å²) in [7, 11) is 0. The molecule has 1 atom stereocenters. The highest BCUT2D eigenvalue weighted by molar-refractivity contribution is 5.84. The maximum absolute atomic E-state index is 11.9. The van der Waals surface area contributed by atoms with E-state index in [1.165, 1.54) is 5.56 Å². The Kier molecular flexibility index (Phi) is 4.76. The number of amides is 1. The van der Waals surface area contributed by atoms with Gasteiger partial charge in [0.05, 0.1) is 0 Å². The molecule has 0 saturated carbocycles. The van der Waals surface area contributed by atoms with Gasteiger partial charge in [0.2, 0.25) is 5.91 Å². The Labute approximate surface area is 110 Å². The first-order chi connectivity index (χ1) is 8.31. The molecule has 2 N–H and O–H groups in total. The third-order valence-electron chi connectivity index (χ3n) is 2.61. The normalized spacial score (nSPS) is 12.9. The zero-order valence-electron chi connectivity index (χ0n) is 12.0. The summed E-state index contributed by atoms with van der Waals surface area (Å²) in [6, 6.07) is 7.93. The second-order valence-electron chi connectivity index (χ2n) is 5.66. The van der Waals surface area contributed by atoms with Crippen molar-refractivity contribution in [3.05, 3.63) is 29.8 Å². The second-order valence-corrected chi connectivity index (χ2v) is 5.66. The van der Waals surface area contributed by atoms with E-state index in [0.717, 1.165) is 12.1 Å². The van der Waals surface area contributed by atoms with Crippen molar-refractivity contribution in [2.45, 2.75) is 52.6 Å². The molecule has 0 unspecified atom stereocenters. The summed E-state index contributed by atoms with van der Waals surface area (Å²) in [4.78, 5) is 11.9. The molecule has 0 fully saturated rings. The highest BCUT2D eigenvalue weighted by Crippen LogP contribution is 2.12. The molecule has 100 valence electrons. The van der Waals surface area contributed by atoms with Crippen molar-refractivity contribution >= 4 is 11.6 Å². The Hall–Kier alpha value is -1.51. The van der Waals surface area contributed by atoms with Crippen LogP contribution in [0.1, 0.15) is 40.2 Å². The molecule has 0 radical (unpaired) electrons. The van der Waals surface area contributed by atoms with Crippen LogP contribution in [0.25, 0.3) is 0 Å². The maximum atomic E-state index is 11.9. The Balaban J connectivity index is 2.63. The van der Waals surface area contributed by atoms with Gasteiger partial charge in [0.15, 0.2) is 0 Å². The fraction of sp³-hybridized carbons (Fsp3) is 0.533. The van der Waals surface area contributed by atoms with Gasteiger partial charge in [0.1, 0.15) is 6.04 Å². The van der Waals surface area contributed by atoms with Crippen LogP contribution in [-0.2, 0) is 11.2 Å². The monoisotopic (exact) mass is 248 g/mol. The zero-order chi connectivity index (χ0) is 13.8. The minimum absolute atomic E-state index is 0.0180. The second kappa shape index (κ2) is 5.89. The van der Waals surface area contributed by atoms with E-state index in [2.05, 4.69) is 29.7 Å². The van der Waals surface area contributed by atoms with Crippen LogP contribution in [0.5, 0.6) is 0 Å². The van der Waals surface area contributed by atoms with Gasteiger partial charge in [-0.2, -0.15) is 0 Å². The molecule has 1 aromatic rings. The number of hydrogen-bond acceptors (Lipinski definition) is 2. The van der Waals surface area contributed by atoms with Gasteiger partial charge >= 0.3 is 0 Å². The lowest BCUT2D eigenvalue weighted by atomic mass is 10.1. The number of anilines is 1. The summed E-state index contributed by atoms with van der Waals surface area (Å²) in [5, 5.41) is 6.19. The van der Waals surface area contributed by atoms with Gasteiger partial charge in [0.25, 0.3) is 0 Å². The third-order valence-corrected chi connectivity index (χ3v) is 2.61. The van der Waals surface area contributed by atoms with E-state index in [0.29, 0.717) is 0 Å². The van der Waals surface area contributed by atoms with E-state index < -0.39 is 0 Å². The fourth-order valence-corrected chi connectivity index (χ4v) is 1.67. The topological polar surface area (TPSA) is 41.1 Å².